The summed E-state index contributed by atoms with van der Waals surface area (Å²) in [5, 5.41) is 3.01. The van der Waals surface area contributed by atoms with Crippen molar-refractivity contribution in [1.29, 1.82) is 0 Å². The lowest BCUT2D eigenvalue weighted by molar-refractivity contribution is -0.120. The molecular formula is C9H12ClN3O2. The van der Waals surface area contributed by atoms with Gasteiger partial charge in [-0.1, -0.05) is 11.6 Å². The predicted molar refractivity (Wildman–Crippen MR) is 57.8 cm³/mol. The van der Waals surface area contributed by atoms with Crippen LogP contribution in [0.15, 0.2) is 18.5 Å². The summed E-state index contributed by atoms with van der Waals surface area (Å²) in [6.07, 6.45) is 3.02. The molecule has 1 aromatic rings. The third-order valence-electron chi connectivity index (χ3n) is 1.54. The molecule has 3 N–H and O–H groups in total. The molecule has 1 aromatic heterocycles. The number of nitrogens with zero attached hydrogens (tertiary/aromatic N) is 1. The number of ether oxygens (including phenoxy) is 1. The van der Waals surface area contributed by atoms with Gasteiger partial charge in [0.25, 0.3) is 0 Å². The minimum Gasteiger partial charge on any atom is -0.370 e. The van der Waals surface area contributed by atoms with Crippen LogP contribution in [0, 0.1) is 0 Å². The maximum absolute atomic E-state index is 11.3. The average Bonchev–Trinajstić information content (AvgIpc) is 2.22. The Bertz CT molecular complexity index is 333. The minimum absolute atomic E-state index is 0.0393. The number of halogens is 1. The topological polar surface area (TPSA) is 77.2 Å². The molecule has 0 aliphatic rings. The van der Waals surface area contributed by atoms with Gasteiger partial charge in [-0.15, -0.1) is 0 Å². The van der Waals surface area contributed by atoms with Crippen molar-refractivity contribution in [3.8, 4) is 0 Å². The summed E-state index contributed by atoms with van der Waals surface area (Å²) in [6, 6.07) is 1.60. The predicted octanol–water partition coefficient (Wildman–Crippen LogP) is 0.649. The number of hydrogen-bond donors (Lipinski definition) is 2. The molecule has 0 atom stereocenters. The summed E-state index contributed by atoms with van der Waals surface area (Å²) < 4.78 is 4.96. The third-order valence-corrected chi connectivity index (χ3v) is 1.87. The Morgan fingerprint density at radius 2 is 2.47 bits per heavy atom. The molecule has 5 nitrogen and oxygen atoms in total. The third kappa shape index (κ3) is 4.24. The van der Waals surface area contributed by atoms with Gasteiger partial charge in [0, 0.05) is 12.7 Å². The van der Waals surface area contributed by atoms with Crippen LogP contribution in [0.4, 0.5) is 5.69 Å². The van der Waals surface area contributed by atoms with Gasteiger partial charge in [-0.05, 0) is 6.07 Å². The van der Waals surface area contributed by atoms with Crippen LogP contribution in [0.3, 0.4) is 0 Å². The van der Waals surface area contributed by atoms with Crippen molar-refractivity contribution in [1.82, 2.24) is 4.98 Å². The molecule has 1 rings (SSSR count). The Morgan fingerprint density at radius 1 is 1.67 bits per heavy atom. The Morgan fingerprint density at radius 3 is 3.13 bits per heavy atom. The molecule has 0 aromatic carbocycles. The maximum Gasteiger partial charge on any atom is 0.250 e. The van der Waals surface area contributed by atoms with Gasteiger partial charge in [0.2, 0.25) is 5.91 Å². The summed E-state index contributed by atoms with van der Waals surface area (Å²) in [5.41, 5.74) is 5.68. The van der Waals surface area contributed by atoms with Crippen molar-refractivity contribution < 1.29 is 9.53 Å². The fourth-order valence-electron chi connectivity index (χ4n) is 0.904. The van der Waals surface area contributed by atoms with E-state index in [0.29, 0.717) is 23.9 Å². The molecule has 82 valence electrons. The fraction of sp³-hybridized carbons (Fsp3) is 0.333. The monoisotopic (exact) mass is 229 g/mol. The van der Waals surface area contributed by atoms with Crippen molar-refractivity contribution in [2.75, 3.05) is 25.1 Å². The Balaban J connectivity index is 2.41. The highest BCUT2D eigenvalue weighted by atomic mass is 35.5. The van der Waals surface area contributed by atoms with Gasteiger partial charge in [-0.2, -0.15) is 0 Å². The molecule has 0 unspecified atom stereocenters. The van der Waals surface area contributed by atoms with Crippen LogP contribution in [0.2, 0.25) is 5.02 Å². The van der Waals surface area contributed by atoms with E-state index in [-0.39, 0.29) is 12.5 Å². The van der Waals surface area contributed by atoms with E-state index in [2.05, 4.69) is 10.3 Å². The summed E-state index contributed by atoms with van der Waals surface area (Å²) in [5.74, 6) is -0.279. The SMILES string of the molecule is NCCOCC(=O)Nc1cnccc1Cl. The van der Waals surface area contributed by atoms with E-state index in [4.69, 9.17) is 22.1 Å². The number of pyridine rings is 1. The molecule has 15 heavy (non-hydrogen) atoms. The average molecular weight is 230 g/mol. The molecule has 0 aliphatic carbocycles. The van der Waals surface area contributed by atoms with Gasteiger partial charge in [0.1, 0.15) is 6.61 Å². The number of rotatable bonds is 5. The number of aromatic nitrogens is 1. The van der Waals surface area contributed by atoms with Gasteiger partial charge in [0.05, 0.1) is 23.5 Å². The molecule has 0 saturated heterocycles. The molecule has 0 aliphatic heterocycles. The van der Waals surface area contributed by atoms with Crippen LogP contribution >= 0.6 is 11.6 Å². The number of hydrogen-bond acceptors (Lipinski definition) is 4. The summed E-state index contributed by atoms with van der Waals surface area (Å²) >= 11 is 5.81. The van der Waals surface area contributed by atoms with Crippen molar-refractivity contribution in [3.63, 3.8) is 0 Å². The molecule has 1 heterocycles. The van der Waals surface area contributed by atoms with Crippen LogP contribution in [0.25, 0.3) is 0 Å². The van der Waals surface area contributed by atoms with E-state index >= 15 is 0 Å². The van der Waals surface area contributed by atoms with Crippen molar-refractivity contribution in [2.45, 2.75) is 0 Å². The highest BCUT2D eigenvalue weighted by Crippen LogP contribution is 2.18. The van der Waals surface area contributed by atoms with E-state index in [1.807, 2.05) is 0 Å². The highest BCUT2D eigenvalue weighted by molar-refractivity contribution is 6.33. The zero-order valence-corrected chi connectivity index (χ0v) is 8.83. The Hall–Kier alpha value is -1.17. The van der Waals surface area contributed by atoms with E-state index in [1.54, 1.807) is 12.3 Å². The number of carbonyl (C=O) groups excluding carboxylic acids is 1. The van der Waals surface area contributed by atoms with Gasteiger partial charge in [-0.3, -0.25) is 9.78 Å². The fourth-order valence-corrected chi connectivity index (χ4v) is 1.06. The van der Waals surface area contributed by atoms with Gasteiger partial charge < -0.3 is 15.8 Å². The van der Waals surface area contributed by atoms with Crippen molar-refractivity contribution in [3.05, 3.63) is 23.5 Å². The molecule has 0 spiro atoms. The number of nitrogens with one attached hydrogen (secondary N) is 1. The first-order chi connectivity index (χ1) is 7.24. The lowest BCUT2D eigenvalue weighted by Gasteiger charge is -2.06. The van der Waals surface area contributed by atoms with Crippen molar-refractivity contribution >= 4 is 23.2 Å². The molecule has 0 fully saturated rings. The van der Waals surface area contributed by atoms with Gasteiger partial charge in [-0.25, -0.2) is 0 Å². The quantitative estimate of drug-likeness (QED) is 0.727. The lowest BCUT2D eigenvalue weighted by Crippen LogP contribution is -2.20. The van der Waals surface area contributed by atoms with E-state index < -0.39 is 0 Å². The first kappa shape index (κ1) is 11.9. The number of amides is 1. The summed E-state index contributed by atoms with van der Waals surface area (Å²) in [7, 11) is 0. The van der Waals surface area contributed by atoms with E-state index in [0.717, 1.165) is 0 Å². The molecule has 6 heteroatoms. The smallest absolute Gasteiger partial charge is 0.250 e. The first-order valence-corrected chi connectivity index (χ1v) is 4.79. The lowest BCUT2D eigenvalue weighted by atomic mass is 10.4. The summed E-state index contributed by atoms with van der Waals surface area (Å²) in [4.78, 5) is 15.1. The molecule has 0 bridgehead atoms. The number of carbonyl (C=O) groups is 1. The molecule has 0 radical (unpaired) electrons. The molecule has 0 saturated carbocycles. The van der Waals surface area contributed by atoms with E-state index in [1.165, 1.54) is 6.20 Å². The molecular weight excluding hydrogens is 218 g/mol. The second-order valence-corrected chi connectivity index (χ2v) is 3.15. The highest BCUT2D eigenvalue weighted by Gasteiger charge is 2.05. The Labute approximate surface area is 92.6 Å². The number of nitrogens with two attached hydrogens (primary N) is 1. The van der Waals surface area contributed by atoms with Crippen LogP contribution in [-0.2, 0) is 9.53 Å². The van der Waals surface area contributed by atoms with Crippen LogP contribution < -0.4 is 11.1 Å². The number of anilines is 1. The first-order valence-electron chi connectivity index (χ1n) is 4.41. The zero-order valence-electron chi connectivity index (χ0n) is 8.07. The normalized spacial score (nSPS) is 10.0. The second-order valence-electron chi connectivity index (χ2n) is 2.74. The Kier molecular flexibility index (Phi) is 5.03. The van der Waals surface area contributed by atoms with Crippen molar-refractivity contribution in [2.24, 2.45) is 5.73 Å². The standard InChI is InChI=1S/C9H12ClN3O2/c10-7-1-3-12-5-8(7)13-9(14)6-15-4-2-11/h1,3,5H,2,4,6,11H2,(H,13,14). The van der Waals surface area contributed by atoms with Gasteiger partial charge >= 0.3 is 0 Å². The maximum atomic E-state index is 11.3. The molecule has 1 amide bonds. The van der Waals surface area contributed by atoms with Crippen LogP contribution in [-0.4, -0.2) is 30.6 Å². The zero-order chi connectivity index (χ0) is 11.1. The van der Waals surface area contributed by atoms with Gasteiger partial charge in [0.15, 0.2) is 0 Å². The summed E-state index contributed by atoms with van der Waals surface area (Å²) in [6.45, 7) is 0.706. The largest absolute Gasteiger partial charge is 0.370 e. The van der Waals surface area contributed by atoms with Crippen LogP contribution in [0.5, 0.6) is 0 Å². The van der Waals surface area contributed by atoms with E-state index in [9.17, 15) is 4.79 Å². The second kappa shape index (κ2) is 6.34. The van der Waals surface area contributed by atoms with Crippen LogP contribution in [0.1, 0.15) is 0 Å². The minimum atomic E-state index is -0.279.